The predicted octanol–water partition coefficient (Wildman–Crippen LogP) is 2.02. The lowest BCUT2D eigenvalue weighted by atomic mass is 9.97. The Morgan fingerprint density at radius 2 is 1.52 bits per heavy atom. The lowest BCUT2D eigenvalue weighted by Crippen LogP contribution is -2.31. The Balaban J connectivity index is 0.000000166. The van der Waals surface area contributed by atoms with Crippen molar-refractivity contribution in [2.24, 2.45) is 5.92 Å². The Labute approximate surface area is 170 Å². The minimum absolute atomic E-state index is 0.0370. The summed E-state index contributed by atoms with van der Waals surface area (Å²) in [6, 6.07) is 10.5. The van der Waals surface area contributed by atoms with Crippen molar-refractivity contribution in [3.8, 4) is 0 Å². The van der Waals surface area contributed by atoms with Gasteiger partial charge in [0.1, 0.15) is 0 Å². The first-order valence-electron chi connectivity index (χ1n) is 10.1. The molecular formula is C21H29NO7. The van der Waals surface area contributed by atoms with E-state index < -0.39 is 17.9 Å². The zero-order valence-corrected chi connectivity index (χ0v) is 16.4. The van der Waals surface area contributed by atoms with E-state index in [1.165, 1.54) is 5.69 Å². The molecule has 0 radical (unpaired) electrons. The van der Waals surface area contributed by atoms with Crippen molar-refractivity contribution < 1.29 is 34.0 Å². The molecule has 0 spiro atoms. The molecule has 0 aliphatic carbocycles. The second kappa shape index (κ2) is 10.6. The van der Waals surface area contributed by atoms with Crippen molar-refractivity contribution in [3.05, 3.63) is 30.3 Å². The quantitative estimate of drug-likeness (QED) is 0.506. The lowest BCUT2D eigenvalue weighted by molar-refractivity contribution is -0.143. The van der Waals surface area contributed by atoms with Gasteiger partial charge in [0.15, 0.2) is 0 Å². The van der Waals surface area contributed by atoms with E-state index in [1.54, 1.807) is 0 Å². The SMILES string of the molecule is O=C(O)CCCC(CC1CO1)C(=O)O.c1ccc(N(CC2CO2)CC2CO2)cc1. The average Bonchev–Trinajstić information content (AvgIpc) is 3.53. The molecule has 1 aromatic rings. The van der Waals surface area contributed by atoms with E-state index in [9.17, 15) is 9.59 Å². The Morgan fingerprint density at radius 1 is 0.966 bits per heavy atom. The van der Waals surface area contributed by atoms with Crippen LogP contribution < -0.4 is 4.90 Å². The maximum atomic E-state index is 10.7. The van der Waals surface area contributed by atoms with Gasteiger partial charge >= 0.3 is 11.9 Å². The summed E-state index contributed by atoms with van der Waals surface area (Å²) in [4.78, 5) is 23.3. The van der Waals surface area contributed by atoms with Gasteiger partial charge in [-0.2, -0.15) is 0 Å². The molecule has 0 aromatic heterocycles. The number of hydrogen-bond donors (Lipinski definition) is 2. The largest absolute Gasteiger partial charge is 0.481 e. The molecule has 8 heteroatoms. The fourth-order valence-electron chi connectivity index (χ4n) is 3.13. The number of hydrogen-bond acceptors (Lipinski definition) is 6. The number of ether oxygens (including phenoxy) is 3. The van der Waals surface area contributed by atoms with Gasteiger partial charge in [0.2, 0.25) is 0 Å². The van der Waals surface area contributed by atoms with Crippen molar-refractivity contribution in [2.45, 2.75) is 44.0 Å². The van der Waals surface area contributed by atoms with Gasteiger partial charge in [0, 0.05) is 25.2 Å². The fourth-order valence-corrected chi connectivity index (χ4v) is 3.13. The summed E-state index contributed by atoms with van der Waals surface area (Å²) in [6.45, 7) is 4.44. The zero-order valence-electron chi connectivity index (χ0n) is 16.4. The van der Waals surface area contributed by atoms with Crippen molar-refractivity contribution >= 4 is 17.6 Å². The molecule has 0 bridgehead atoms. The number of carboxylic acid groups (broad SMARTS) is 2. The lowest BCUT2D eigenvalue weighted by Gasteiger charge is -2.23. The molecule has 3 fully saturated rings. The summed E-state index contributed by atoms with van der Waals surface area (Å²) in [5.41, 5.74) is 1.27. The first kappa shape index (κ1) is 21.5. The smallest absolute Gasteiger partial charge is 0.306 e. The number of carboxylic acids is 2. The van der Waals surface area contributed by atoms with Gasteiger partial charge in [0.05, 0.1) is 44.1 Å². The Hall–Kier alpha value is -2.16. The maximum Gasteiger partial charge on any atom is 0.306 e. The summed E-state index contributed by atoms with van der Waals surface area (Å²) in [6.07, 6.45) is 2.33. The molecule has 1 aromatic carbocycles. The predicted molar refractivity (Wildman–Crippen MR) is 105 cm³/mol. The minimum Gasteiger partial charge on any atom is -0.481 e. The summed E-state index contributed by atoms with van der Waals surface area (Å²) < 4.78 is 15.5. The van der Waals surface area contributed by atoms with Crippen LogP contribution in [0.2, 0.25) is 0 Å². The third kappa shape index (κ3) is 8.81. The summed E-state index contributed by atoms with van der Waals surface area (Å²) in [7, 11) is 0. The van der Waals surface area contributed by atoms with E-state index >= 15 is 0 Å². The van der Waals surface area contributed by atoms with Gasteiger partial charge in [-0.1, -0.05) is 18.2 Å². The van der Waals surface area contributed by atoms with Gasteiger partial charge in [-0.15, -0.1) is 0 Å². The molecule has 0 saturated carbocycles. The Kier molecular flexibility index (Phi) is 7.85. The van der Waals surface area contributed by atoms with Crippen LogP contribution in [-0.4, -0.2) is 73.4 Å². The molecule has 3 aliphatic rings. The zero-order chi connectivity index (χ0) is 20.6. The number of anilines is 1. The molecular weight excluding hydrogens is 378 g/mol. The minimum atomic E-state index is -0.878. The van der Waals surface area contributed by atoms with E-state index in [2.05, 4.69) is 29.2 Å². The topological polar surface area (TPSA) is 115 Å². The number of nitrogens with zero attached hydrogens (tertiary/aromatic N) is 1. The van der Waals surface area contributed by atoms with Gasteiger partial charge in [-0.05, 0) is 31.4 Å². The third-order valence-corrected chi connectivity index (χ3v) is 5.02. The second-order valence-electron chi connectivity index (χ2n) is 7.66. The number of rotatable bonds is 12. The van der Waals surface area contributed by atoms with Crippen LogP contribution in [0.4, 0.5) is 5.69 Å². The first-order valence-corrected chi connectivity index (χ1v) is 10.1. The van der Waals surface area contributed by atoms with Crippen molar-refractivity contribution in [1.82, 2.24) is 0 Å². The molecule has 3 saturated heterocycles. The highest BCUT2D eigenvalue weighted by molar-refractivity contribution is 5.70. The van der Waals surface area contributed by atoms with E-state index in [4.69, 9.17) is 24.4 Å². The van der Waals surface area contributed by atoms with Crippen LogP contribution in [0.25, 0.3) is 0 Å². The molecule has 29 heavy (non-hydrogen) atoms. The molecule has 4 atom stereocenters. The fraction of sp³-hybridized carbons (Fsp3) is 0.619. The van der Waals surface area contributed by atoms with Crippen LogP contribution in [0, 0.1) is 5.92 Å². The maximum absolute atomic E-state index is 10.7. The number of epoxide rings is 3. The van der Waals surface area contributed by atoms with Crippen LogP contribution in [0.3, 0.4) is 0 Å². The highest BCUT2D eigenvalue weighted by Gasteiger charge is 2.31. The summed E-state index contributed by atoms with van der Waals surface area (Å²) >= 11 is 0. The van der Waals surface area contributed by atoms with E-state index in [0.29, 0.717) is 38.1 Å². The van der Waals surface area contributed by atoms with Gasteiger partial charge < -0.3 is 29.3 Å². The molecule has 4 unspecified atom stereocenters. The Bertz CT molecular complexity index is 642. The molecule has 2 N–H and O–H groups in total. The molecule has 4 rings (SSSR count). The van der Waals surface area contributed by atoms with Gasteiger partial charge in [-0.3, -0.25) is 9.59 Å². The summed E-state index contributed by atoms with van der Waals surface area (Å²) in [5, 5.41) is 17.2. The molecule has 160 valence electrons. The first-order chi connectivity index (χ1) is 14.0. The van der Waals surface area contributed by atoms with Gasteiger partial charge in [0.25, 0.3) is 0 Å². The van der Waals surface area contributed by atoms with Crippen LogP contribution in [0.1, 0.15) is 25.7 Å². The normalized spacial score (nSPS) is 24.6. The summed E-state index contributed by atoms with van der Waals surface area (Å²) in [5.74, 6) is -2.19. The highest BCUT2D eigenvalue weighted by Crippen LogP contribution is 2.24. The highest BCUT2D eigenvalue weighted by atomic mass is 16.6. The van der Waals surface area contributed by atoms with Crippen molar-refractivity contribution in [1.29, 1.82) is 0 Å². The molecule has 0 amide bonds. The number of para-hydroxylation sites is 1. The second-order valence-corrected chi connectivity index (χ2v) is 7.66. The van der Waals surface area contributed by atoms with Crippen molar-refractivity contribution in [3.63, 3.8) is 0 Å². The third-order valence-electron chi connectivity index (χ3n) is 5.02. The molecule has 3 aliphatic heterocycles. The van der Waals surface area contributed by atoms with E-state index in [0.717, 1.165) is 26.3 Å². The number of benzene rings is 1. The van der Waals surface area contributed by atoms with Gasteiger partial charge in [-0.25, -0.2) is 0 Å². The average molecular weight is 407 g/mol. The van der Waals surface area contributed by atoms with Crippen LogP contribution in [0.15, 0.2) is 30.3 Å². The van der Waals surface area contributed by atoms with E-state index in [-0.39, 0.29) is 12.5 Å². The Morgan fingerprint density at radius 3 is 1.97 bits per heavy atom. The van der Waals surface area contributed by atoms with Crippen LogP contribution >= 0.6 is 0 Å². The van der Waals surface area contributed by atoms with Crippen molar-refractivity contribution in [2.75, 3.05) is 37.8 Å². The number of aliphatic carboxylic acids is 2. The standard InChI is InChI=1S/C12H15NO2.C9H14O5/c1-2-4-10(5-3-1)13(6-11-8-14-11)7-12-9-15-12;10-8(11)3-1-2-6(9(12)13)4-7-5-14-7/h1-5,11-12H,6-9H2;6-7H,1-5H2,(H,10,11)(H,12,13). The molecule has 8 nitrogen and oxygen atoms in total. The number of carbonyl (C=O) groups is 2. The monoisotopic (exact) mass is 407 g/mol. The van der Waals surface area contributed by atoms with Crippen LogP contribution in [-0.2, 0) is 23.8 Å². The van der Waals surface area contributed by atoms with E-state index in [1.807, 2.05) is 6.07 Å². The van der Waals surface area contributed by atoms with Crippen LogP contribution in [0.5, 0.6) is 0 Å². The molecule has 3 heterocycles.